The van der Waals surface area contributed by atoms with Crippen molar-refractivity contribution in [1.82, 2.24) is 0 Å². The van der Waals surface area contributed by atoms with Crippen molar-refractivity contribution in [2.24, 2.45) is 65.1 Å². The van der Waals surface area contributed by atoms with Gasteiger partial charge in [0.2, 0.25) is 18.1 Å². The fourth-order valence-corrected chi connectivity index (χ4v) is 19.6. The third-order valence-electron chi connectivity index (χ3n) is 21.4. The molecule has 4 fully saturated rings. The number of benzene rings is 4. The predicted octanol–water partition coefficient (Wildman–Crippen LogP) is 13.5. The Morgan fingerprint density at radius 3 is 0.957 bits per heavy atom. The SMILES string of the molecule is COC(=O)c1ccc(CCC[C@@H]2[C@@H](C#Cc3ccccc3)[C@H](C)C[C@@H]2C)s1.[C-]#N.[C-]#[N+][C@@H]1C[C@@H](C)[C@H](C#Cc2ccccc2)[C@H]1CCCc1ccc(C(=O)OC)s1.[C-]#[N+][C@@H]1C[C@@H](O)[C@H](C#Cc2ccccc2)[C@H]1CCCc1ccc(C(=O)O)s1.[C-]#[N+][C@@H]1C[C@@H](O)[C@H](C#Cc2ccccc2)[C@H]1CCCc1ccc(C(=O)OC)s1.[K+].[Li+].[OH-]. The summed E-state index contributed by atoms with van der Waals surface area (Å²) < 4.78 is 14.3. The zero-order valence-corrected chi connectivity index (χ0v) is 73.2. The van der Waals surface area contributed by atoms with Crippen molar-refractivity contribution in [3.05, 3.63) is 272 Å². The molecule has 0 bridgehead atoms. The molecular formula is C94H98KLiN4O11S4. The summed E-state index contributed by atoms with van der Waals surface area (Å²) >= 11 is 5.81. The van der Waals surface area contributed by atoms with Gasteiger partial charge < -0.3 is 61.4 Å². The first kappa shape index (κ1) is 97.5. The molecule has 0 unspecified atom stereocenters. The zero-order chi connectivity index (χ0) is 80.3. The van der Waals surface area contributed by atoms with Crippen LogP contribution < -0.4 is 70.2 Å². The van der Waals surface area contributed by atoms with E-state index in [1.54, 1.807) is 23.5 Å². The molecule has 0 saturated heterocycles. The molecule has 4 heterocycles. The third-order valence-corrected chi connectivity index (χ3v) is 25.9. The van der Waals surface area contributed by atoms with Crippen molar-refractivity contribution in [2.75, 3.05) is 21.3 Å². The number of aryl methyl sites for hydroxylation is 4. The maximum absolute atomic E-state index is 11.6. The van der Waals surface area contributed by atoms with Crippen LogP contribution in [0.1, 0.15) is 178 Å². The summed E-state index contributed by atoms with van der Waals surface area (Å²) in [6.45, 7) is 34.3. The van der Waals surface area contributed by atoms with E-state index in [1.807, 2.05) is 140 Å². The monoisotopic (exact) mass is 1630 g/mol. The number of methoxy groups -OCH3 is 3. The van der Waals surface area contributed by atoms with Crippen LogP contribution in [0.2, 0.25) is 0 Å². The molecule has 21 heteroatoms. The topological polar surface area (TPSA) is 224 Å². The van der Waals surface area contributed by atoms with E-state index in [2.05, 4.69) is 101 Å². The summed E-state index contributed by atoms with van der Waals surface area (Å²) in [6.07, 6.45) is 13.4. The second-order valence-electron chi connectivity index (χ2n) is 28.8. The number of carboxylic acids is 1. The van der Waals surface area contributed by atoms with Gasteiger partial charge in [-0.05, 0) is 204 Å². The van der Waals surface area contributed by atoms with Crippen LogP contribution in [0.15, 0.2) is 170 Å². The van der Waals surface area contributed by atoms with Crippen LogP contribution in [0.25, 0.3) is 14.5 Å². The number of carbonyl (C=O) groups excluding carboxylic acids is 3. The van der Waals surface area contributed by atoms with E-state index in [4.69, 9.17) is 50.9 Å². The number of carbonyl (C=O) groups is 4. The first-order chi connectivity index (χ1) is 54.4. The number of hydrogen-bond acceptors (Lipinski definition) is 15. The summed E-state index contributed by atoms with van der Waals surface area (Å²) in [5.74, 6) is 28.2. The van der Waals surface area contributed by atoms with E-state index in [0.717, 1.165) is 115 Å². The van der Waals surface area contributed by atoms with Crippen LogP contribution in [0.3, 0.4) is 0 Å². The number of nitrogens with zero attached hydrogens (tertiary/aromatic N) is 4. The Bertz CT molecular complexity index is 4620. The number of thiophene rings is 4. The molecule has 16 atom stereocenters. The number of hydrogen-bond donors (Lipinski definition) is 3. The molecule has 0 amide bonds. The fourth-order valence-electron chi connectivity index (χ4n) is 15.8. The van der Waals surface area contributed by atoms with E-state index < -0.39 is 18.2 Å². The van der Waals surface area contributed by atoms with Gasteiger partial charge in [-0.1, -0.05) is 141 Å². The van der Waals surface area contributed by atoms with Gasteiger partial charge in [-0.3, -0.25) is 0 Å². The molecule has 4 aliphatic rings. The number of aliphatic hydroxyl groups excluding tert-OH is 2. The van der Waals surface area contributed by atoms with Crippen molar-refractivity contribution in [3.8, 4) is 47.4 Å². The first-order valence-electron chi connectivity index (χ1n) is 38.2. The van der Waals surface area contributed by atoms with Crippen molar-refractivity contribution in [3.63, 3.8) is 0 Å². The smallest absolute Gasteiger partial charge is 0.870 e. The number of carboxylic acid groups (broad SMARTS) is 1. The van der Waals surface area contributed by atoms with Crippen LogP contribution in [0, 0.1) is 144 Å². The van der Waals surface area contributed by atoms with Gasteiger partial charge in [-0.15, -0.1) is 45.3 Å². The van der Waals surface area contributed by atoms with Crippen LogP contribution in [0.5, 0.6) is 0 Å². The second-order valence-corrected chi connectivity index (χ2v) is 33.5. The molecule has 586 valence electrons. The average molecular weight is 1630 g/mol. The molecule has 15 nitrogen and oxygen atoms in total. The van der Waals surface area contributed by atoms with E-state index in [-0.39, 0.29) is 141 Å². The molecule has 115 heavy (non-hydrogen) atoms. The predicted molar refractivity (Wildman–Crippen MR) is 447 cm³/mol. The molecule has 4 aliphatic carbocycles. The molecule has 0 radical (unpaired) electrons. The Balaban J connectivity index is 0.000000269. The van der Waals surface area contributed by atoms with Gasteiger partial charge in [-0.25, -0.2) is 38.9 Å². The number of aliphatic hydroxyl groups is 2. The summed E-state index contributed by atoms with van der Waals surface area (Å²) in [4.78, 5) is 64.1. The molecule has 4 aromatic carbocycles. The van der Waals surface area contributed by atoms with Gasteiger partial charge in [-0.2, -0.15) is 0 Å². The summed E-state index contributed by atoms with van der Waals surface area (Å²) in [5, 5.41) is 36.1. The Hall–Kier alpha value is -8.13. The summed E-state index contributed by atoms with van der Waals surface area (Å²) in [5.41, 5.74) is 3.98. The van der Waals surface area contributed by atoms with Gasteiger partial charge in [0.1, 0.15) is 19.5 Å². The number of esters is 3. The van der Waals surface area contributed by atoms with Crippen molar-refractivity contribution < 1.29 is 124 Å². The van der Waals surface area contributed by atoms with E-state index in [1.165, 1.54) is 77.9 Å². The Morgan fingerprint density at radius 2 is 0.661 bits per heavy atom. The van der Waals surface area contributed by atoms with Gasteiger partial charge in [0.15, 0.2) is 0 Å². The van der Waals surface area contributed by atoms with Crippen LogP contribution in [-0.2, 0) is 39.9 Å². The van der Waals surface area contributed by atoms with Gasteiger partial charge in [0.05, 0.1) is 70.1 Å². The minimum absolute atomic E-state index is 0. The van der Waals surface area contributed by atoms with Crippen LogP contribution in [0.4, 0.5) is 0 Å². The minimum atomic E-state index is -0.894. The quantitative estimate of drug-likeness (QED) is 0.0213. The third kappa shape index (κ3) is 29.8. The molecule has 4 saturated carbocycles. The molecule has 4 aromatic heterocycles. The number of rotatable bonds is 20. The molecule has 8 aromatic rings. The maximum Gasteiger partial charge on any atom is 1.00 e. The normalized spacial score (nSPS) is 22.8. The van der Waals surface area contributed by atoms with Crippen LogP contribution in [-0.4, -0.2) is 96.3 Å². The zero-order valence-electron chi connectivity index (χ0n) is 66.8. The minimum Gasteiger partial charge on any atom is -0.870 e. The molecular weight excluding hydrogens is 1540 g/mol. The van der Waals surface area contributed by atoms with Gasteiger partial charge in [0, 0.05) is 65.9 Å². The number of ether oxygens (including phenoxy) is 3. The van der Waals surface area contributed by atoms with Gasteiger partial charge in [0.25, 0.3) is 0 Å². The van der Waals surface area contributed by atoms with E-state index in [0.29, 0.717) is 61.9 Å². The van der Waals surface area contributed by atoms with Crippen molar-refractivity contribution in [2.45, 2.75) is 154 Å². The van der Waals surface area contributed by atoms with Crippen LogP contribution >= 0.6 is 45.3 Å². The summed E-state index contributed by atoms with van der Waals surface area (Å²) in [6, 6.07) is 54.5. The van der Waals surface area contributed by atoms with E-state index >= 15 is 0 Å². The van der Waals surface area contributed by atoms with Crippen molar-refractivity contribution in [1.29, 1.82) is 5.26 Å². The maximum atomic E-state index is 11.6. The average Bonchev–Trinajstić information content (AvgIpc) is 1.69. The number of aromatic carboxylic acids is 1. The molecule has 0 aliphatic heterocycles. The summed E-state index contributed by atoms with van der Waals surface area (Å²) in [7, 11) is 4.22. The van der Waals surface area contributed by atoms with Crippen molar-refractivity contribution >= 4 is 69.2 Å². The largest absolute Gasteiger partial charge is 1.00 e. The van der Waals surface area contributed by atoms with E-state index in [9.17, 15) is 29.4 Å². The fraction of sp³-hybridized carbons (Fsp3) is 0.404. The Morgan fingerprint density at radius 1 is 0.400 bits per heavy atom. The molecule has 4 N–H and O–H groups in total. The Labute approximate surface area is 750 Å². The van der Waals surface area contributed by atoms with Gasteiger partial charge >= 0.3 is 94.1 Å². The standard InChI is InChI=1S/C24H25NO2S.C24H28O2S.C23H23NO3S.C22H21NO3S.CN.K.Li.H2O/c1-17-16-22(25-2)21(20(17)14-12-18-8-5-4-6-9-18)11-7-10-19-13-15-23(28-19)24(26)27-3;1-17-16-18(2)22(14-12-19-8-5-4-6-9-19)21(17)11-7-10-20-13-15-23(27-20)24(25)26-3;1-24-20-15-21(25)19(13-11-16-7-4-3-5-8-16)18(20)10-6-9-17-12-14-22(28-17)23(26)27-2;1-23-19-14-20(24)18(12-10-15-6-3-2-4-7-15)17(19)9-5-8-16-11-13-21(27-16)22(25)26;1-2;;;/h4-6,8-9,13,15,17,20-22H,7,10-11,16H2,1,3H3;4-6,8-9,13,15,17-18,21-22H,7,10-11,16H2,1-3H3;3-5,7-8,12,14,18-21,25H,6,9-10,15H2,2H3;2-4,6-7,11,13,17-20,24H,5,8-9,14H2,(H,25,26);;;;1H2/q;;;;-1;2*+1;/p-1/t17-,20+,21-,22-;17-,18+,21-,22-;18-,19-,20-,21-;17-,18-,19-,20-;;;;/m1011..../s1. The second kappa shape index (κ2) is 51.8. The molecule has 12 rings (SSSR count). The first-order valence-corrected chi connectivity index (χ1v) is 41.4. The molecule has 0 spiro atoms. The Kier molecular flexibility index (Phi) is 43.9.